The van der Waals surface area contributed by atoms with Crippen LogP contribution < -0.4 is 28.9 Å². The predicted octanol–water partition coefficient (Wildman–Crippen LogP) is 19.9. The molecule has 94 heavy (non-hydrogen) atoms. The van der Waals surface area contributed by atoms with E-state index < -0.39 is 11.8 Å². The van der Waals surface area contributed by atoms with E-state index in [1.807, 2.05) is 226 Å². The van der Waals surface area contributed by atoms with E-state index in [9.17, 15) is 19.2 Å². The molecule has 0 unspecified atom stereocenters. The van der Waals surface area contributed by atoms with Gasteiger partial charge in [-0.05, 0) is 182 Å². The molecular formula is C83H62N4O7. The van der Waals surface area contributed by atoms with Gasteiger partial charge in [-0.3, -0.25) is 24.1 Å². The van der Waals surface area contributed by atoms with E-state index in [1.54, 1.807) is 72.8 Å². The Labute approximate surface area is 546 Å². The maximum absolute atomic E-state index is 14.3. The van der Waals surface area contributed by atoms with Crippen LogP contribution in [0, 0.1) is 0 Å². The van der Waals surface area contributed by atoms with E-state index in [1.165, 1.54) is 9.80 Å². The molecule has 0 saturated carbocycles. The highest BCUT2D eigenvalue weighted by Crippen LogP contribution is 2.45. The Morgan fingerprint density at radius 1 is 0.255 bits per heavy atom. The maximum Gasteiger partial charge on any atom is 0.266 e. The fourth-order valence-corrected chi connectivity index (χ4v) is 11.6. The largest absolute Gasteiger partial charge is 0.457 e. The number of amides is 4. The lowest BCUT2D eigenvalue weighted by Gasteiger charge is -2.25. The van der Waals surface area contributed by atoms with Crippen molar-refractivity contribution >= 4 is 85.7 Å². The molecule has 456 valence electrons. The van der Waals surface area contributed by atoms with Crippen LogP contribution in [0.2, 0.25) is 0 Å². The van der Waals surface area contributed by atoms with E-state index in [4.69, 9.17) is 14.2 Å². The standard InChI is InChI=1S/C43H35N3O2.C40H27NO5/c1-31(2)44-42(47)40(32-23-27-38(28-24-32)45(34-15-7-3-8-16-34)35-17-9-4-10-18-35)41(43(44)48)33-25-29-39(30-26-33)46(36-19-11-5-12-20-36)37-21-13-6-14-22-37;42-39-37(28-20-24-33(25-21-28)44-30-12-4-1-5-13-30)38(29-22-26-34(27-23-29)45-31-14-6-2-7-15-31)40(43)41(39)35-18-10-11-19-36(35)46-32-16-8-3-9-17-32/h3-31H,1-2H3;1-27H. The van der Waals surface area contributed by atoms with Crippen LogP contribution in [0.4, 0.5) is 39.8 Å². The molecule has 0 saturated heterocycles. The first kappa shape index (κ1) is 60.3. The molecule has 0 atom stereocenters. The summed E-state index contributed by atoms with van der Waals surface area (Å²) < 4.78 is 18.1. The molecule has 0 radical (unpaired) electrons. The van der Waals surface area contributed by atoms with E-state index in [0.29, 0.717) is 73.6 Å². The van der Waals surface area contributed by atoms with Gasteiger partial charge in [0.25, 0.3) is 23.6 Å². The first-order valence-corrected chi connectivity index (χ1v) is 30.9. The summed E-state index contributed by atoms with van der Waals surface area (Å²) in [7, 11) is 0. The molecule has 0 bridgehead atoms. The van der Waals surface area contributed by atoms with Gasteiger partial charge >= 0.3 is 0 Å². The van der Waals surface area contributed by atoms with E-state index in [0.717, 1.165) is 34.1 Å². The first-order chi connectivity index (χ1) is 46.1. The molecule has 11 nitrogen and oxygen atoms in total. The second-order valence-corrected chi connectivity index (χ2v) is 22.4. The molecule has 14 rings (SSSR count). The molecule has 2 aliphatic heterocycles. The van der Waals surface area contributed by atoms with Crippen LogP contribution in [0.3, 0.4) is 0 Å². The number of rotatable bonds is 18. The van der Waals surface area contributed by atoms with Crippen LogP contribution in [0.5, 0.6) is 34.5 Å². The molecule has 2 aliphatic rings. The Morgan fingerprint density at radius 3 is 0.819 bits per heavy atom. The van der Waals surface area contributed by atoms with Crippen molar-refractivity contribution in [2.45, 2.75) is 19.9 Å². The zero-order valence-corrected chi connectivity index (χ0v) is 51.5. The minimum absolute atomic E-state index is 0.278. The van der Waals surface area contributed by atoms with Crippen molar-refractivity contribution in [3.8, 4) is 34.5 Å². The normalized spacial score (nSPS) is 12.8. The maximum atomic E-state index is 14.3. The number of anilines is 7. The minimum Gasteiger partial charge on any atom is -0.457 e. The van der Waals surface area contributed by atoms with Crippen molar-refractivity contribution in [1.82, 2.24) is 4.90 Å². The van der Waals surface area contributed by atoms with Crippen LogP contribution in [-0.4, -0.2) is 34.6 Å². The third-order valence-electron chi connectivity index (χ3n) is 15.9. The van der Waals surface area contributed by atoms with E-state index in [2.05, 4.69) is 58.3 Å². The van der Waals surface area contributed by atoms with Gasteiger partial charge in [0, 0.05) is 40.2 Å². The number of imide groups is 2. The molecule has 0 fully saturated rings. The molecule has 2 heterocycles. The number of carbonyl (C=O) groups excluding carboxylic acids is 4. The van der Waals surface area contributed by atoms with Crippen LogP contribution in [-0.2, 0) is 19.2 Å². The molecule has 0 aliphatic carbocycles. The number of hydrogen-bond acceptors (Lipinski definition) is 9. The SMILES string of the molecule is CC(C)N1C(=O)C(c2ccc(N(c3ccccc3)c3ccccc3)cc2)=C(c2ccc(N(c3ccccc3)c3ccccc3)cc2)C1=O.O=C1C(c2ccc(Oc3ccccc3)cc2)=C(c2ccc(Oc3ccccc3)cc2)C(=O)N1c1ccccc1Oc1ccccc1. The van der Waals surface area contributed by atoms with Gasteiger partial charge in [0.05, 0.1) is 28.0 Å². The Hall–Kier alpha value is -12.6. The van der Waals surface area contributed by atoms with Crippen molar-refractivity contribution in [3.05, 3.63) is 356 Å². The fourth-order valence-electron chi connectivity index (χ4n) is 11.6. The average molecular weight is 1230 g/mol. The van der Waals surface area contributed by atoms with Gasteiger partial charge in [-0.15, -0.1) is 0 Å². The van der Waals surface area contributed by atoms with E-state index in [-0.39, 0.29) is 29.0 Å². The van der Waals surface area contributed by atoms with Gasteiger partial charge in [-0.25, -0.2) is 4.90 Å². The van der Waals surface area contributed by atoms with Gasteiger partial charge in [-0.1, -0.05) is 188 Å². The number of hydrogen-bond donors (Lipinski definition) is 0. The fraction of sp³-hybridized carbons (Fsp3) is 0.0361. The summed E-state index contributed by atoms with van der Waals surface area (Å²) in [6.07, 6.45) is 0. The summed E-state index contributed by atoms with van der Waals surface area (Å²) >= 11 is 0. The molecule has 12 aromatic rings. The van der Waals surface area contributed by atoms with Crippen LogP contribution in [0.25, 0.3) is 22.3 Å². The molecular weight excluding hydrogens is 1160 g/mol. The summed E-state index contributed by atoms with van der Waals surface area (Å²) in [6.45, 7) is 3.75. The summed E-state index contributed by atoms with van der Waals surface area (Å²) in [4.78, 5) is 63.5. The van der Waals surface area contributed by atoms with Gasteiger partial charge in [0.15, 0.2) is 5.75 Å². The molecule has 12 aromatic carbocycles. The smallest absolute Gasteiger partial charge is 0.266 e. The summed E-state index contributed by atoms with van der Waals surface area (Å²) in [5, 5.41) is 0. The minimum atomic E-state index is -0.453. The highest BCUT2D eigenvalue weighted by molar-refractivity contribution is 6.57. The lowest BCUT2D eigenvalue weighted by Crippen LogP contribution is -2.37. The number of benzene rings is 12. The average Bonchev–Trinajstić information content (AvgIpc) is 1.70. The zero-order valence-electron chi connectivity index (χ0n) is 51.5. The first-order valence-electron chi connectivity index (χ1n) is 30.9. The Kier molecular flexibility index (Phi) is 17.7. The van der Waals surface area contributed by atoms with E-state index >= 15 is 0 Å². The molecule has 0 aromatic heterocycles. The quantitative estimate of drug-likeness (QED) is 0.0776. The third-order valence-corrected chi connectivity index (χ3v) is 15.9. The van der Waals surface area contributed by atoms with Gasteiger partial charge in [-0.2, -0.15) is 0 Å². The molecule has 0 spiro atoms. The van der Waals surface area contributed by atoms with Crippen LogP contribution in [0.15, 0.2) is 334 Å². The van der Waals surface area contributed by atoms with Crippen molar-refractivity contribution in [3.63, 3.8) is 0 Å². The Bertz CT molecular complexity index is 4360. The van der Waals surface area contributed by atoms with Gasteiger partial charge in [0.1, 0.15) is 28.7 Å². The molecule has 4 amide bonds. The lowest BCUT2D eigenvalue weighted by molar-refractivity contribution is -0.138. The predicted molar refractivity (Wildman–Crippen MR) is 374 cm³/mol. The highest BCUT2D eigenvalue weighted by atomic mass is 16.5. The zero-order chi connectivity index (χ0) is 64.3. The Balaban J connectivity index is 0.000000171. The second kappa shape index (κ2) is 27.6. The summed E-state index contributed by atoms with van der Waals surface area (Å²) in [5.74, 6) is 2.11. The topological polar surface area (TPSA) is 109 Å². The number of ether oxygens (including phenoxy) is 3. The summed E-state index contributed by atoms with van der Waals surface area (Å²) in [5.41, 5.74) is 10.3. The number of nitrogens with zero attached hydrogens (tertiary/aromatic N) is 4. The third kappa shape index (κ3) is 12.9. The van der Waals surface area contributed by atoms with Gasteiger partial charge in [0.2, 0.25) is 0 Å². The van der Waals surface area contributed by atoms with Crippen LogP contribution in [0.1, 0.15) is 36.1 Å². The van der Waals surface area contributed by atoms with Crippen molar-refractivity contribution in [2.75, 3.05) is 14.7 Å². The lowest BCUT2D eigenvalue weighted by atomic mass is 9.95. The highest BCUT2D eigenvalue weighted by Gasteiger charge is 2.43. The number of para-hydroxylation sites is 9. The van der Waals surface area contributed by atoms with Crippen molar-refractivity contribution in [1.29, 1.82) is 0 Å². The second-order valence-electron chi connectivity index (χ2n) is 22.4. The monoisotopic (exact) mass is 1230 g/mol. The van der Waals surface area contributed by atoms with Crippen LogP contribution >= 0.6 is 0 Å². The van der Waals surface area contributed by atoms with Crippen molar-refractivity contribution in [2.24, 2.45) is 0 Å². The Morgan fingerprint density at radius 2 is 0.500 bits per heavy atom. The van der Waals surface area contributed by atoms with Crippen molar-refractivity contribution < 1.29 is 33.4 Å². The molecule has 11 heteroatoms. The summed E-state index contributed by atoms with van der Waals surface area (Å²) in [6, 6.07) is 106. The molecule has 0 N–H and O–H groups in total. The van der Waals surface area contributed by atoms with Gasteiger partial charge < -0.3 is 24.0 Å². The number of carbonyl (C=O) groups is 4.